The van der Waals surface area contributed by atoms with Gasteiger partial charge in [0, 0.05) is 52.1 Å². The van der Waals surface area contributed by atoms with E-state index in [0.717, 1.165) is 5.69 Å². The minimum absolute atomic E-state index is 1.14. The Morgan fingerprint density at radius 2 is 0.872 bits per heavy atom. The summed E-state index contributed by atoms with van der Waals surface area (Å²) >= 11 is 3.77. The highest BCUT2D eigenvalue weighted by Crippen LogP contribution is 2.48. The second-order valence-electron chi connectivity index (χ2n) is 12.1. The van der Waals surface area contributed by atoms with Gasteiger partial charge in [-0.05, 0) is 58.3 Å². The highest BCUT2D eigenvalue weighted by molar-refractivity contribution is 7.27. The Kier molecular flexibility index (Phi) is 5.98. The van der Waals surface area contributed by atoms with Crippen molar-refractivity contribution in [2.45, 2.75) is 0 Å². The Morgan fingerprint density at radius 3 is 1.64 bits per heavy atom. The molecule has 0 spiro atoms. The van der Waals surface area contributed by atoms with Gasteiger partial charge < -0.3 is 4.90 Å². The molecule has 10 aromatic rings. The van der Waals surface area contributed by atoms with Gasteiger partial charge in [-0.25, -0.2) is 0 Å². The van der Waals surface area contributed by atoms with Crippen molar-refractivity contribution in [3.8, 4) is 11.1 Å². The van der Waals surface area contributed by atoms with Crippen LogP contribution in [0.25, 0.3) is 73.0 Å². The lowest BCUT2D eigenvalue weighted by Gasteiger charge is -2.27. The first-order valence-corrected chi connectivity index (χ1v) is 17.6. The first-order valence-electron chi connectivity index (χ1n) is 15.9. The van der Waals surface area contributed by atoms with Gasteiger partial charge in [-0.3, -0.25) is 0 Å². The van der Waals surface area contributed by atoms with Crippen molar-refractivity contribution < 1.29 is 0 Å². The molecule has 47 heavy (non-hydrogen) atoms. The van der Waals surface area contributed by atoms with Crippen molar-refractivity contribution in [3.05, 3.63) is 164 Å². The number of nitrogens with zero attached hydrogens (tertiary/aromatic N) is 1. The van der Waals surface area contributed by atoms with Gasteiger partial charge in [-0.1, -0.05) is 127 Å². The topological polar surface area (TPSA) is 3.24 Å². The molecule has 0 saturated heterocycles. The Morgan fingerprint density at radius 1 is 0.340 bits per heavy atom. The average Bonchev–Trinajstić information content (AvgIpc) is 3.71. The lowest BCUT2D eigenvalue weighted by molar-refractivity contribution is 1.32. The standard InChI is InChI=1S/C44H27NS2/c1-2-12-31-28(10-1)11-7-15-32(31)29-22-24-30(25-23-29)45(40-19-9-17-37-34-13-3-6-21-42(34)47-44(37)40)39-18-8-16-36-33(39)26-27-38-35-14-4-5-20-41(35)46-43(36)38/h1-27H. The normalized spacial score (nSPS) is 11.8. The SMILES string of the molecule is c1ccc2c(-c3ccc(N(c4cccc5c4ccc4c6ccccc6sc54)c4cccc5c4sc4ccccc45)cc3)cccc2c1. The summed E-state index contributed by atoms with van der Waals surface area (Å²) in [6.07, 6.45) is 0. The van der Waals surface area contributed by atoms with E-state index in [0.29, 0.717) is 0 Å². The third-order valence-electron chi connectivity index (χ3n) is 9.47. The van der Waals surface area contributed by atoms with Crippen LogP contribution in [-0.2, 0) is 0 Å². The van der Waals surface area contributed by atoms with Crippen LogP contribution in [0.15, 0.2) is 164 Å². The van der Waals surface area contributed by atoms with Gasteiger partial charge >= 0.3 is 0 Å². The Hall–Kier alpha value is -5.48. The Labute approximate surface area is 280 Å². The smallest absolute Gasteiger partial charge is 0.0640 e. The molecule has 0 aliphatic rings. The molecule has 220 valence electrons. The fourth-order valence-electron chi connectivity index (χ4n) is 7.30. The summed E-state index contributed by atoms with van der Waals surface area (Å²) in [5.41, 5.74) is 6.00. The average molecular weight is 634 g/mol. The van der Waals surface area contributed by atoms with Crippen molar-refractivity contribution in [1.82, 2.24) is 0 Å². The Balaban J connectivity index is 1.23. The molecule has 0 atom stereocenters. The number of fused-ring (bicyclic) bond motifs is 9. The summed E-state index contributed by atoms with van der Waals surface area (Å²) in [4.78, 5) is 2.48. The number of rotatable bonds is 4. The van der Waals surface area contributed by atoms with Crippen LogP contribution in [0.4, 0.5) is 17.1 Å². The number of thiophene rings is 2. The number of hydrogen-bond donors (Lipinski definition) is 0. The maximum atomic E-state index is 2.48. The van der Waals surface area contributed by atoms with Gasteiger partial charge in [0.2, 0.25) is 0 Å². The molecular formula is C44H27NS2. The van der Waals surface area contributed by atoms with E-state index in [1.807, 2.05) is 22.7 Å². The van der Waals surface area contributed by atoms with Crippen LogP contribution in [0.5, 0.6) is 0 Å². The molecule has 0 N–H and O–H groups in total. The van der Waals surface area contributed by atoms with E-state index in [1.54, 1.807) is 0 Å². The van der Waals surface area contributed by atoms with Crippen molar-refractivity contribution in [2.24, 2.45) is 0 Å². The van der Waals surface area contributed by atoms with Crippen molar-refractivity contribution >= 4 is 102 Å². The summed E-state index contributed by atoms with van der Waals surface area (Å²) in [7, 11) is 0. The van der Waals surface area contributed by atoms with Gasteiger partial charge in [0.15, 0.2) is 0 Å². The third-order valence-corrected chi connectivity index (χ3v) is 11.9. The first-order chi connectivity index (χ1) is 23.3. The molecule has 0 saturated carbocycles. The largest absolute Gasteiger partial charge is 0.308 e. The number of benzene rings is 8. The van der Waals surface area contributed by atoms with E-state index < -0.39 is 0 Å². The molecule has 0 unspecified atom stereocenters. The minimum Gasteiger partial charge on any atom is -0.308 e. The molecule has 0 bridgehead atoms. The molecule has 8 aromatic carbocycles. The summed E-state index contributed by atoms with van der Waals surface area (Å²) in [5, 5.41) is 10.3. The highest BCUT2D eigenvalue weighted by Gasteiger charge is 2.21. The fourth-order valence-corrected chi connectivity index (χ4v) is 9.74. The molecule has 1 nitrogen and oxygen atoms in total. The van der Waals surface area contributed by atoms with Gasteiger partial charge in [-0.15, -0.1) is 22.7 Å². The zero-order valence-electron chi connectivity index (χ0n) is 25.4. The lowest BCUT2D eigenvalue weighted by atomic mass is 9.98. The minimum atomic E-state index is 1.14. The molecule has 2 aromatic heterocycles. The highest BCUT2D eigenvalue weighted by atomic mass is 32.1. The van der Waals surface area contributed by atoms with E-state index in [4.69, 9.17) is 0 Å². The van der Waals surface area contributed by atoms with Crippen LogP contribution in [0, 0.1) is 0 Å². The molecule has 0 aliphatic carbocycles. The maximum absolute atomic E-state index is 2.48. The predicted molar refractivity (Wildman–Crippen MR) is 207 cm³/mol. The second-order valence-corrected chi connectivity index (χ2v) is 14.2. The van der Waals surface area contributed by atoms with E-state index in [-0.39, 0.29) is 0 Å². The van der Waals surface area contributed by atoms with Crippen LogP contribution in [-0.4, -0.2) is 0 Å². The summed E-state index contributed by atoms with van der Waals surface area (Å²) < 4.78 is 5.28. The van der Waals surface area contributed by atoms with E-state index in [1.165, 1.54) is 84.4 Å². The predicted octanol–water partition coefficient (Wildman–Crippen LogP) is 13.9. The van der Waals surface area contributed by atoms with Crippen LogP contribution >= 0.6 is 22.7 Å². The molecule has 2 heterocycles. The van der Waals surface area contributed by atoms with E-state index >= 15 is 0 Å². The summed E-state index contributed by atoms with van der Waals surface area (Å²) in [6.45, 7) is 0. The summed E-state index contributed by atoms with van der Waals surface area (Å²) in [5.74, 6) is 0. The van der Waals surface area contributed by atoms with Crippen LogP contribution in [0.1, 0.15) is 0 Å². The maximum Gasteiger partial charge on any atom is 0.0640 e. The quantitative estimate of drug-likeness (QED) is 0.186. The second kappa shape index (κ2) is 10.5. The van der Waals surface area contributed by atoms with Gasteiger partial charge in [-0.2, -0.15) is 0 Å². The lowest BCUT2D eigenvalue weighted by Crippen LogP contribution is -2.10. The number of anilines is 3. The van der Waals surface area contributed by atoms with Crippen LogP contribution in [0.2, 0.25) is 0 Å². The third kappa shape index (κ3) is 4.14. The van der Waals surface area contributed by atoms with E-state index in [2.05, 4.69) is 169 Å². The Bertz CT molecular complexity index is 2800. The molecule has 0 aliphatic heterocycles. The molecule has 0 amide bonds. The monoisotopic (exact) mass is 633 g/mol. The number of hydrogen-bond acceptors (Lipinski definition) is 3. The van der Waals surface area contributed by atoms with Gasteiger partial charge in [0.05, 0.1) is 16.1 Å². The van der Waals surface area contributed by atoms with Gasteiger partial charge in [0.1, 0.15) is 0 Å². The molecule has 10 rings (SSSR count). The molecule has 3 heteroatoms. The molecule has 0 fully saturated rings. The first kappa shape index (κ1) is 26.7. The van der Waals surface area contributed by atoms with E-state index in [9.17, 15) is 0 Å². The van der Waals surface area contributed by atoms with Crippen LogP contribution in [0.3, 0.4) is 0 Å². The molecular weight excluding hydrogens is 607 g/mol. The summed E-state index contributed by atoms with van der Waals surface area (Å²) in [6, 6.07) is 60.1. The van der Waals surface area contributed by atoms with Crippen LogP contribution < -0.4 is 4.90 Å². The van der Waals surface area contributed by atoms with Crippen molar-refractivity contribution in [1.29, 1.82) is 0 Å². The van der Waals surface area contributed by atoms with Crippen molar-refractivity contribution in [2.75, 3.05) is 4.90 Å². The fraction of sp³-hybridized carbons (Fsp3) is 0. The van der Waals surface area contributed by atoms with Crippen molar-refractivity contribution in [3.63, 3.8) is 0 Å². The van der Waals surface area contributed by atoms with Gasteiger partial charge in [0.25, 0.3) is 0 Å². The zero-order chi connectivity index (χ0) is 30.9. The molecule has 0 radical (unpaired) electrons. The zero-order valence-corrected chi connectivity index (χ0v) is 27.0.